The Morgan fingerprint density at radius 1 is 1.47 bits per heavy atom. The number of carbonyl (C=O) groups excluding carboxylic acids is 1. The van der Waals surface area contributed by atoms with Crippen LogP contribution >= 0.6 is 11.3 Å². The van der Waals surface area contributed by atoms with Gasteiger partial charge in [-0.05, 0) is 35.8 Å². The van der Waals surface area contributed by atoms with E-state index in [-0.39, 0.29) is 17.4 Å². The fraction of sp³-hybridized carbons (Fsp3) is 0.667. The van der Waals surface area contributed by atoms with E-state index in [1.165, 1.54) is 10.4 Å². The van der Waals surface area contributed by atoms with Gasteiger partial charge in [0.2, 0.25) is 5.91 Å². The molecular formula is C15H26N2OS. The Hall–Kier alpha value is -0.870. The van der Waals surface area contributed by atoms with E-state index in [0.717, 1.165) is 6.42 Å². The van der Waals surface area contributed by atoms with Crippen molar-refractivity contribution in [2.45, 2.75) is 53.1 Å². The van der Waals surface area contributed by atoms with Crippen LogP contribution < -0.4 is 5.73 Å². The van der Waals surface area contributed by atoms with Crippen molar-refractivity contribution < 1.29 is 4.79 Å². The highest BCUT2D eigenvalue weighted by atomic mass is 32.1. The van der Waals surface area contributed by atoms with Crippen LogP contribution in [-0.4, -0.2) is 23.9 Å². The van der Waals surface area contributed by atoms with Gasteiger partial charge < -0.3 is 10.6 Å². The number of aryl methyl sites for hydroxylation is 1. The molecule has 0 spiro atoms. The van der Waals surface area contributed by atoms with E-state index < -0.39 is 0 Å². The average molecular weight is 282 g/mol. The van der Waals surface area contributed by atoms with E-state index in [0.29, 0.717) is 13.0 Å². The highest BCUT2D eigenvalue weighted by molar-refractivity contribution is 7.10. The molecule has 19 heavy (non-hydrogen) atoms. The first-order valence-corrected chi connectivity index (χ1v) is 7.59. The van der Waals surface area contributed by atoms with Gasteiger partial charge in [-0.2, -0.15) is 0 Å². The van der Waals surface area contributed by atoms with Crippen LogP contribution in [0.1, 0.15) is 44.1 Å². The molecule has 0 saturated carbocycles. The lowest BCUT2D eigenvalue weighted by molar-refractivity contribution is -0.130. The number of amides is 1. The first-order chi connectivity index (χ1) is 8.69. The minimum atomic E-state index is -0.0561. The second-order valence-electron chi connectivity index (χ2n) is 6.51. The van der Waals surface area contributed by atoms with Gasteiger partial charge in [0.25, 0.3) is 0 Å². The Balaban J connectivity index is 2.47. The number of nitrogens with two attached hydrogens (primary N) is 1. The monoisotopic (exact) mass is 282 g/mol. The van der Waals surface area contributed by atoms with Crippen molar-refractivity contribution in [3.8, 4) is 0 Å². The lowest BCUT2D eigenvalue weighted by Gasteiger charge is -2.24. The zero-order chi connectivity index (χ0) is 14.6. The normalized spacial score (nSPS) is 13.4. The summed E-state index contributed by atoms with van der Waals surface area (Å²) in [6, 6.07) is 2.03. The van der Waals surface area contributed by atoms with E-state index in [9.17, 15) is 4.79 Å². The lowest BCUT2D eigenvalue weighted by Crippen LogP contribution is -2.35. The van der Waals surface area contributed by atoms with Crippen molar-refractivity contribution in [2.24, 2.45) is 11.1 Å². The van der Waals surface area contributed by atoms with Crippen LogP contribution in [0.25, 0.3) is 0 Å². The summed E-state index contributed by atoms with van der Waals surface area (Å²) in [6.07, 6.45) is 1.29. The third kappa shape index (κ3) is 5.74. The van der Waals surface area contributed by atoms with Crippen LogP contribution in [0.3, 0.4) is 0 Å². The van der Waals surface area contributed by atoms with Crippen LogP contribution in [0, 0.1) is 12.3 Å². The molecule has 0 fully saturated rings. The Kier molecular flexibility index (Phi) is 5.56. The van der Waals surface area contributed by atoms with Crippen LogP contribution in [0.5, 0.6) is 0 Å². The summed E-state index contributed by atoms with van der Waals surface area (Å²) in [7, 11) is 1.85. The summed E-state index contributed by atoms with van der Waals surface area (Å²) in [4.78, 5) is 15.2. The van der Waals surface area contributed by atoms with E-state index in [2.05, 4.69) is 39.1 Å². The molecular weight excluding hydrogens is 256 g/mol. The zero-order valence-electron chi connectivity index (χ0n) is 12.7. The molecule has 1 aromatic heterocycles. The van der Waals surface area contributed by atoms with Gasteiger partial charge in [0.15, 0.2) is 0 Å². The van der Waals surface area contributed by atoms with Gasteiger partial charge in [-0.1, -0.05) is 20.8 Å². The second-order valence-corrected chi connectivity index (χ2v) is 7.51. The van der Waals surface area contributed by atoms with Crippen molar-refractivity contribution in [3.63, 3.8) is 0 Å². The summed E-state index contributed by atoms with van der Waals surface area (Å²) in [5.74, 6) is 0.129. The molecule has 0 aliphatic carbocycles. The highest BCUT2D eigenvalue weighted by Crippen LogP contribution is 2.22. The van der Waals surface area contributed by atoms with Gasteiger partial charge in [-0.25, -0.2) is 0 Å². The maximum atomic E-state index is 12.1. The summed E-state index contributed by atoms with van der Waals surface area (Å²) in [6.45, 7) is 9.21. The van der Waals surface area contributed by atoms with Gasteiger partial charge in [0.05, 0.1) is 6.54 Å². The topological polar surface area (TPSA) is 46.3 Å². The molecule has 0 bridgehead atoms. The highest BCUT2D eigenvalue weighted by Gasteiger charge is 2.20. The standard InChI is InChI=1S/C15H26N2OS/c1-11-6-7-19-13(11)10-17(5)14(18)8-12(16)9-15(2,3)4/h6-7,12H,8-10,16H2,1-5H3. The molecule has 1 aromatic rings. The van der Waals surface area contributed by atoms with E-state index in [1.54, 1.807) is 16.2 Å². The Morgan fingerprint density at radius 3 is 2.58 bits per heavy atom. The molecule has 0 radical (unpaired) electrons. The zero-order valence-corrected chi connectivity index (χ0v) is 13.5. The number of nitrogens with zero attached hydrogens (tertiary/aromatic N) is 1. The molecule has 0 aromatic carbocycles. The van der Waals surface area contributed by atoms with Crippen molar-refractivity contribution in [1.29, 1.82) is 0 Å². The fourth-order valence-electron chi connectivity index (χ4n) is 2.11. The average Bonchev–Trinajstić information content (AvgIpc) is 2.61. The first kappa shape index (κ1) is 16.2. The number of hydrogen-bond acceptors (Lipinski definition) is 3. The predicted molar refractivity (Wildman–Crippen MR) is 82.2 cm³/mol. The SMILES string of the molecule is Cc1ccsc1CN(C)C(=O)CC(N)CC(C)(C)C. The van der Waals surface area contributed by atoms with Gasteiger partial charge in [-0.3, -0.25) is 4.79 Å². The third-order valence-corrected chi connectivity index (χ3v) is 4.09. The molecule has 1 heterocycles. The molecule has 4 heteroatoms. The Labute approximate surface area is 120 Å². The molecule has 2 N–H and O–H groups in total. The van der Waals surface area contributed by atoms with Gasteiger partial charge in [0.1, 0.15) is 0 Å². The van der Waals surface area contributed by atoms with Gasteiger partial charge in [0, 0.05) is 24.4 Å². The van der Waals surface area contributed by atoms with Gasteiger partial charge >= 0.3 is 0 Å². The van der Waals surface area contributed by atoms with Crippen LogP contribution in [0.2, 0.25) is 0 Å². The van der Waals surface area contributed by atoms with Crippen LogP contribution in [0.4, 0.5) is 0 Å². The largest absolute Gasteiger partial charge is 0.341 e. The van der Waals surface area contributed by atoms with Crippen molar-refractivity contribution >= 4 is 17.2 Å². The first-order valence-electron chi connectivity index (χ1n) is 6.71. The summed E-state index contributed by atoms with van der Waals surface area (Å²) in [5.41, 5.74) is 7.48. The molecule has 3 nitrogen and oxygen atoms in total. The van der Waals surface area contributed by atoms with Crippen molar-refractivity contribution in [2.75, 3.05) is 7.05 Å². The quantitative estimate of drug-likeness (QED) is 0.901. The predicted octanol–water partition coefficient (Wildman–Crippen LogP) is 3.17. The van der Waals surface area contributed by atoms with Crippen molar-refractivity contribution in [1.82, 2.24) is 4.90 Å². The third-order valence-electron chi connectivity index (χ3n) is 3.09. The van der Waals surface area contributed by atoms with Gasteiger partial charge in [-0.15, -0.1) is 11.3 Å². The number of carbonyl (C=O) groups is 1. The number of rotatable bonds is 5. The second kappa shape index (κ2) is 6.53. The van der Waals surface area contributed by atoms with E-state index >= 15 is 0 Å². The summed E-state index contributed by atoms with van der Waals surface area (Å²) in [5, 5.41) is 2.06. The maximum Gasteiger partial charge on any atom is 0.224 e. The van der Waals surface area contributed by atoms with Crippen LogP contribution in [-0.2, 0) is 11.3 Å². The summed E-state index contributed by atoms with van der Waals surface area (Å²) < 4.78 is 0. The molecule has 108 valence electrons. The number of hydrogen-bond donors (Lipinski definition) is 1. The number of thiophene rings is 1. The van der Waals surface area contributed by atoms with E-state index in [1.807, 2.05) is 7.05 Å². The Bertz CT molecular complexity index is 420. The molecule has 1 amide bonds. The fourth-order valence-corrected chi connectivity index (χ4v) is 3.07. The molecule has 0 saturated heterocycles. The molecule has 1 atom stereocenters. The minimum absolute atomic E-state index is 0.0561. The smallest absolute Gasteiger partial charge is 0.224 e. The van der Waals surface area contributed by atoms with Crippen LogP contribution in [0.15, 0.2) is 11.4 Å². The Morgan fingerprint density at radius 2 is 2.11 bits per heavy atom. The van der Waals surface area contributed by atoms with E-state index in [4.69, 9.17) is 5.73 Å². The lowest BCUT2D eigenvalue weighted by atomic mass is 9.87. The minimum Gasteiger partial charge on any atom is -0.341 e. The summed E-state index contributed by atoms with van der Waals surface area (Å²) >= 11 is 1.70. The molecule has 0 aliphatic heterocycles. The van der Waals surface area contributed by atoms with Crippen molar-refractivity contribution in [3.05, 3.63) is 21.9 Å². The molecule has 1 rings (SSSR count). The maximum absolute atomic E-state index is 12.1. The molecule has 1 unspecified atom stereocenters. The molecule has 0 aliphatic rings.